The quantitative estimate of drug-likeness (QED) is 0.262. The van der Waals surface area contributed by atoms with Crippen molar-refractivity contribution in [1.82, 2.24) is 19.4 Å². The van der Waals surface area contributed by atoms with Crippen molar-refractivity contribution in [1.29, 1.82) is 0 Å². The molecule has 10 heteroatoms. The second-order valence-electron chi connectivity index (χ2n) is 11.1. The Labute approximate surface area is 242 Å². The van der Waals surface area contributed by atoms with E-state index in [1.807, 2.05) is 0 Å². The number of benzene rings is 2. The standard InChI is InChI=1S/C31H32ClFN4O4/c1-18(2)24-11-19-7-9-36(15-27(19)35-30(24)41-17-21-3-5-22(32)13-25(21)33)16-29-34-26-6-4-20(31(38)39)12-28(26)37(29)14-23-8-10-40-23/h3-6,11-13,18,23H,7-10,14-17H2,1-2H3,(H,38,39)/t23-/m0/s1. The third-order valence-corrected chi connectivity index (χ3v) is 8.11. The van der Waals surface area contributed by atoms with E-state index in [0.717, 1.165) is 54.1 Å². The Balaban J connectivity index is 1.25. The molecule has 1 N–H and O–H groups in total. The first-order valence-corrected chi connectivity index (χ1v) is 14.3. The Morgan fingerprint density at radius 3 is 2.76 bits per heavy atom. The van der Waals surface area contributed by atoms with Crippen molar-refractivity contribution in [2.45, 2.75) is 65.0 Å². The number of hydrogen-bond donors (Lipinski definition) is 1. The number of halogens is 2. The van der Waals surface area contributed by atoms with E-state index in [2.05, 4.69) is 29.4 Å². The summed E-state index contributed by atoms with van der Waals surface area (Å²) in [6.45, 7) is 7.67. The van der Waals surface area contributed by atoms with Crippen LogP contribution in [0.1, 0.15) is 64.8 Å². The van der Waals surface area contributed by atoms with E-state index < -0.39 is 11.8 Å². The molecule has 0 aliphatic carbocycles. The van der Waals surface area contributed by atoms with E-state index in [-0.39, 0.29) is 24.2 Å². The molecule has 8 nitrogen and oxygen atoms in total. The van der Waals surface area contributed by atoms with Crippen LogP contribution in [-0.2, 0) is 37.4 Å². The molecule has 0 bridgehead atoms. The molecule has 2 aromatic heterocycles. The van der Waals surface area contributed by atoms with Gasteiger partial charge >= 0.3 is 5.97 Å². The van der Waals surface area contributed by atoms with Gasteiger partial charge in [0.05, 0.1) is 41.5 Å². The van der Waals surface area contributed by atoms with Crippen molar-refractivity contribution in [3.8, 4) is 5.88 Å². The molecule has 4 aromatic rings. The van der Waals surface area contributed by atoms with Gasteiger partial charge in [-0.3, -0.25) is 4.90 Å². The van der Waals surface area contributed by atoms with Gasteiger partial charge in [0.25, 0.3) is 0 Å². The summed E-state index contributed by atoms with van der Waals surface area (Å²) < 4.78 is 28.3. The Morgan fingerprint density at radius 1 is 1.22 bits per heavy atom. The van der Waals surface area contributed by atoms with Crippen LogP contribution in [0.3, 0.4) is 0 Å². The molecule has 2 aromatic carbocycles. The monoisotopic (exact) mass is 578 g/mol. The van der Waals surface area contributed by atoms with E-state index >= 15 is 0 Å². The number of hydrogen-bond acceptors (Lipinski definition) is 6. The van der Waals surface area contributed by atoms with Crippen LogP contribution in [0.4, 0.5) is 4.39 Å². The first-order chi connectivity index (χ1) is 19.7. The summed E-state index contributed by atoms with van der Waals surface area (Å²) in [6, 6.07) is 11.8. The lowest BCUT2D eigenvalue weighted by atomic mass is 9.97. The lowest BCUT2D eigenvalue weighted by Crippen LogP contribution is -2.34. The smallest absolute Gasteiger partial charge is 0.335 e. The molecule has 2 aliphatic heterocycles. The van der Waals surface area contributed by atoms with Crippen molar-refractivity contribution >= 4 is 28.6 Å². The molecule has 214 valence electrons. The highest BCUT2D eigenvalue weighted by Gasteiger charge is 2.26. The Bertz CT molecular complexity index is 1620. The third-order valence-electron chi connectivity index (χ3n) is 7.87. The molecular weight excluding hydrogens is 547 g/mol. The normalized spacial score (nSPS) is 17.0. The van der Waals surface area contributed by atoms with Crippen LogP contribution in [0.15, 0.2) is 42.5 Å². The van der Waals surface area contributed by atoms with Crippen LogP contribution < -0.4 is 4.74 Å². The number of carbonyl (C=O) groups is 1. The van der Waals surface area contributed by atoms with E-state index in [1.165, 1.54) is 11.6 Å². The Hall–Kier alpha value is -3.53. The SMILES string of the molecule is CC(C)c1cc2c(nc1OCc1ccc(Cl)cc1F)CN(Cc1nc3ccc(C(=O)O)cc3n1C[C@@H]1CCO1)CC2. The molecule has 4 heterocycles. The van der Waals surface area contributed by atoms with Crippen LogP contribution >= 0.6 is 11.6 Å². The molecule has 0 amide bonds. The Kier molecular flexibility index (Phi) is 7.68. The molecule has 0 unspecified atom stereocenters. The summed E-state index contributed by atoms with van der Waals surface area (Å²) in [5.74, 6) is 0.219. The number of imidazole rings is 1. The number of fused-ring (bicyclic) bond motifs is 2. The minimum atomic E-state index is -0.961. The van der Waals surface area contributed by atoms with Gasteiger partial charge in [-0.1, -0.05) is 31.5 Å². The zero-order valence-corrected chi connectivity index (χ0v) is 23.8. The van der Waals surface area contributed by atoms with Crippen LogP contribution in [0.25, 0.3) is 11.0 Å². The number of pyridine rings is 1. The summed E-state index contributed by atoms with van der Waals surface area (Å²) in [7, 11) is 0. The number of ether oxygens (including phenoxy) is 2. The third kappa shape index (κ3) is 5.80. The number of aromatic nitrogens is 3. The molecule has 41 heavy (non-hydrogen) atoms. The first-order valence-electron chi connectivity index (χ1n) is 13.9. The highest BCUT2D eigenvalue weighted by atomic mass is 35.5. The van der Waals surface area contributed by atoms with Crippen molar-refractivity contribution in [3.05, 3.63) is 87.1 Å². The molecule has 2 aliphatic rings. The van der Waals surface area contributed by atoms with Crippen molar-refractivity contribution < 1.29 is 23.8 Å². The van der Waals surface area contributed by atoms with E-state index in [0.29, 0.717) is 36.1 Å². The van der Waals surface area contributed by atoms with Crippen molar-refractivity contribution in [3.63, 3.8) is 0 Å². The fraction of sp³-hybridized carbons (Fsp3) is 0.387. The van der Waals surface area contributed by atoms with Crippen LogP contribution in [0, 0.1) is 5.82 Å². The number of nitrogens with zero attached hydrogens (tertiary/aromatic N) is 4. The van der Waals surface area contributed by atoms with Crippen LogP contribution in [0.5, 0.6) is 5.88 Å². The molecule has 0 spiro atoms. The van der Waals surface area contributed by atoms with E-state index in [1.54, 1.807) is 30.3 Å². The van der Waals surface area contributed by atoms with Gasteiger partial charge in [0.1, 0.15) is 18.2 Å². The largest absolute Gasteiger partial charge is 0.478 e. The van der Waals surface area contributed by atoms with Crippen molar-refractivity contribution in [2.75, 3.05) is 13.2 Å². The van der Waals surface area contributed by atoms with Gasteiger partial charge in [-0.2, -0.15) is 0 Å². The average Bonchev–Trinajstić information content (AvgIpc) is 3.25. The molecule has 0 radical (unpaired) electrons. The van der Waals surface area contributed by atoms with Gasteiger partial charge in [-0.15, -0.1) is 0 Å². The summed E-state index contributed by atoms with van der Waals surface area (Å²) in [5.41, 5.74) is 5.36. The topological polar surface area (TPSA) is 89.7 Å². The first kappa shape index (κ1) is 27.6. The molecular formula is C31H32ClFN4O4. The maximum atomic E-state index is 14.4. The summed E-state index contributed by atoms with van der Waals surface area (Å²) in [5, 5.41) is 9.88. The van der Waals surface area contributed by atoms with E-state index in [4.69, 9.17) is 31.0 Å². The summed E-state index contributed by atoms with van der Waals surface area (Å²) >= 11 is 5.91. The number of rotatable bonds is 9. The highest BCUT2D eigenvalue weighted by Crippen LogP contribution is 2.32. The summed E-state index contributed by atoms with van der Waals surface area (Å²) in [4.78, 5) is 23.7. The van der Waals surface area contributed by atoms with Gasteiger partial charge < -0.3 is 19.1 Å². The minimum absolute atomic E-state index is 0.0593. The zero-order valence-electron chi connectivity index (χ0n) is 23.1. The molecule has 6 rings (SSSR count). The number of carboxylic acid groups (broad SMARTS) is 1. The second kappa shape index (κ2) is 11.4. The lowest BCUT2D eigenvalue weighted by molar-refractivity contribution is -0.0592. The maximum Gasteiger partial charge on any atom is 0.335 e. The predicted molar refractivity (Wildman–Crippen MR) is 153 cm³/mol. The molecule has 1 fully saturated rings. The van der Waals surface area contributed by atoms with Crippen LogP contribution in [-0.4, -0.2) is 49.8 Å². The Morgan fingerprint density at radius 2 is 2.05 bits per heavy atom. The minimum Gasteiger partial charge on any atom is -0.478 e. The van der Waals surface area contributed by atoms with Gasteiger partial charge in [0.2, 0.25) is 5.88 Å². The number of aromatic carboxylic acids is 1. The summed E-state index contributed by atoms with van der Waals surface area (Å²) in [6.07, 6.45) is 1.91. The molecule has 0 saturated carbocycles. The van der Waals surface area contributed by atoms with Crippen molar-refractivity contribution in [2.24, 2.45) is 0 Å². The average molecular weight is 579 g/mol. The van der Waals surface area contributed by atoms with Gasteiger partial charge in [0.15, 0.2) is 0 Å². The van der Waals surface area contributed by atoms with E-state index in [9.17, 15) is 14.3 Å². The van der Waals surface area contributed by atoms with Gasteiger partial charge in [-0.25, -0.2) is 19.2 Å². The van der Waals surface area contributed by atoms with Gasteiger partial charge in [0, 0.05) is 35.8 Å². The molecule has 1 saturated heterocycles. The van der Waals surface area contributed by atoms with Gasteiger partial charge in [-0.05, 0) is 60.7 Å². The second-order valence-corrected chi connectivity index (χ2v) is 11.5. The predicted octanol–water partition coefficient (Wildman–Crippen LogP) is 5.97. The number of carboxylic acids is 1. The fourth-order valence-corrected chi connectivity index (χ4v) is 5.58. The highest BCUT2D eigenvalue weighted by molar-refractivity contribution is 6.30. The molecule has 1 atom stereocenters. The fourth-order valence-electron chi connectivity index (χ4n) is 5.43. The zero-order chi connectivity index (χ0) is 28.7. The lowest BCUT2D eigenvalue weighted by Gasteiger charge is -2.30. The van der Waals surface area contributed by atoms with Crippen LogP contribution in [0.2, 0.25) is 5.02 Å². The maximum absolute atomic E-state index is 14.4.